The summed E-state index contributed by atoms with van der Waals surface area (Å²) in [4.78, 5) is 24.3. The van der Waals surface area contributed by atoms with Crippen LogP contribution in [0.3, 0.4) is 0 Å². The number of allylic oxidation sites excluding steroid dienone is 1. The van der Waals surface area contributed by atoms with Crippen LogP contribution in [-0.2, 0) is 25.5 Å². The summed E-state index contributed by atoms with van der Waals surface area (Å²) in [6, 6.07) is 3.51. The fraction of sp³-hybridized carbons (Fsp3) is 0.400. The molecule has 1 fully saturated rings. The Bertz CT molecular complexity index is 736. The average molecular weight is 360 g/mol. The van der Waals surface area contributed by atoms with Gasteiger partial charge in [-0.25, -0.2) is 9.59 Å². The molecule has 140 valence electrons. The van der Waals surface area contributed by atoms with E-state index in [1.807, 2.05) is 19.9 Å². The summed E-state index contributed by atoms with van der Waals surface area (Å²) >= 11 is 0. The first-order chi connectivity index (χ1) is 12.2. The molecule has 0 spiro atoms. The number of methoxy groups -OCH3 is 1. The monoisotopic (exact) mass is 360 g/mol. The van der Waals surface area contributed by atoms with Gasteiger partial charge < -0.3 is 18.9 Å². The summed E-state index contributed by atoms with van der Waals surface area (Å²) in [6.07, 6.45) is 3.66. The van der Waals surface area contributed by atoms with Gasteiger partial charge >= 0.3 is 11.9 Å². The minimum atomic E-state index is -1.27. The molecule has 0 amide bonds. The lowest BCUT2D eigenvalue weighted by Gasteiger charge is -2.29. The molecule has 0 bridgehead atoms. The van der Waals surface area contributed by atoms with Crippen molar-refractivity contribution in [1.29, 1.82) is 0 Å². The van der Waals surface area contributed by atoms with Crippen LogP contribution in [0.2, 0.25) is 0 Å². The Hall–Kier alpha value is -2.76. The molecule has 6 heteroatoms. The van der Waals surface area contributed by atoms with E-state index in [1.165, 1.54) is 27.0 Å². The van der Waals surface area contributed by atoms with Gasteiger partial charge in [-0.05, 0) is 44.0 Å². The minimum Gasteiger partial charge on any atom is -0.493 e. The zero-order valence-electron chi connectivity index (χ0n) is 15.8. The molecule has 0 saturated carbocycles. The molecule has 1 heterocycles. The molecule has 1 aliphatic heterocycles. The Labute approximate surface area is 153 Å². The highest BCUT2D eigenvalue weighted by molar-refractivity contribution is 6.18. The highest BCUT2D eigenvalue weighted by atomic mass is 16.7. The molecule has 0 aliphatic carbocycles. The molecule has 6 nitrogen and oxygen atoms in total. The summed E-state index contributed by atoms with van der Waals surface area (Å²) < 4.78 is 21.5. The summed E-state index contributed by atoms with van der Waals surface area (Å²) in [5.74, 6) is -1.61. The molecule has 2 rings (SSSR count). The maximum absolute atomic E-state index is 12.1. The highest BCUT2D eigenvalue weighted by Crippen LogP contribution is 2.35. The highest BCUT2D eigenvalue weighted by Gasteiger charge is 2.38. The van der Waals surface area contributed by atoms with Gasteiger partial charge in [-0.1, -0.05) is 6.08 Å². The van der Waals surface area contributed by atoms with Crippen molar-refractivity contribution in [2.75, 3.05) is 7.11 Å². The summed E-state index contributed by atoms with van der Waals surface area (Å²) in [7, 11) is 1.53. The molecule has 0 atom stereocenters. The lowest BCUT2D eigenvalue weighted by molar-refractivity contribution is -0.222. The van der Waals surface area contributed by atoms with E-state index in [9.17, 15) is 9.59 Å². The molecule has 1 aromatic rings. The number of cyclic esters (lactones) is 2. The van der Waals surface area contributed by atoms with Crippen molar-refractivity contribution in [3.63, 3.8) is 0 Å². The van der Waals surface area contributed by atoms with Crippen LogP contribution in [0.5, 0.6) is 11.5 Å². The van der Waals surface area contributed by atoms with E-state index in [2.05, 4.69) is 6.58 Å². The Morgan fingerprint density at radius 1 is 1.19 bits per heavy atom. The number of carbonyl (C=O) groups is 2. The fourth-order valence-corrected chi connectivity index (χ4v) is 2.54. The number of rotatable bonds is 6. The third-order valence-electron chi connectivity index (χ3n) is 3.52. The normalized spacial score (nSPS) is 16.0. The maximum atomic E-state index is 12.1. The Balaban J connectivity index is 2.50. The van der Waals surface area contributed by atoms with Crippen LogP contribution in [0.4, 0.5) is 0 Å². The Morgan fingerprint density at radius 2 is 1.81 bits per heavy atom. The smallest absolute Gasteiger partial charge is 0.348 e. The number of ether oxygens (including phenoxy) is 4. The van der Waals surface area contributed by atoms with Gasteiger partial charge in [-0.2, -0.15) is 0 Å². The van der Waals surface area contributed by atoms with Crippen molar-refractivity contribution in [2.24, 2.45) is 0 Å². The molecular formula is C20H24O6. The second-order valence-electron chi connectivity index (χ2n) is 6.61. The summed E-state index contributed by atoms with van der Waals surface area (Å²) in [6.45, 7) is 10.6. The van der Waals surface area contributed by atoms with Gasteiger partial charge in [0.2, 0.25) is 0 Å². The first-order valence-electron chi connectivity index (χ1n) is 8.33. The predicted octanol–water partition coefficient (Wildman–Crippen LogP) is 3.43. The van der Waals surface area contributed by atoms with Crippen LogP contribution in [0.15, 0.2) is 30.4 Å². The molecule has 1 aliphatic rings. The quantitative estimate of drug-likeness (QED) is 0.335. The van der Waals surface area contributed by atoms with Gasteiger partial charge in [0.05, 0.1) is 13.2 Å². The largest absolute Gasteiger partial charge is 0.493 e. The van der Waals surface area contributed by atoms with E-state index >= 15 is 0 Å². The Morgan fingerprint density at radius 3 is 2.31 bits per heavy atom. The number of hydrogen-bond donors (Lipinski definition) is 0. The zero-order valence-corrected chi connectivity index (χ0v) is 15.8. The molecule has 0 aromatic heterocycles. The second-order valence-corrected chi connectivity index (χ2v) is 6.61. The third-order valence-corrected chi connectivity index (χ3v) is 3.52. The lowest BCUT2D eigenvalue weighted by Crippen LogP contribution is -2.41. The predicted molar refractivity (Wildman–Crippen MR) is 96.9 cm³/mol. The van der Waals surface area contributed by atoms with E-state index < -0.39 is 17.7 Å². The van der Waals surface area contributed by atoms with Crippen molar-refractivity contribution in [3.05, 3.63) is 41.5 Å². The van der Waals surface area contributed by atoms with Crippen molar-refractivity contribution in [2.45, 2.75) is 46.0 Å². The standard InChI is InChI=1S/C20H24O6/c1-7-8-14-9-13(11-16(23-6)17(14)24-12(2)3)10-15-18(21)25-20(4,5)26-19(15)22/h7,9-12H,1,8H2,2-6H3. The van der Waals surface area contributed by atoms with Crippen LogP contribution in [0.25, 0.3) is 6.08 Å². The van der Waals surface area contributed by atoms with Gasteiger partial charge in [0.25, 0.3) is 5.79 Å². The van der Waals surface area contributed by atoms with Crippen LogP contribution >= 0.6 is 0 Å². The zero-order chi connectivity index (χ0) is 19.5. The minimum absolute atomic E-state index is 0.0396. The van der Waals surface area contributed by atoms with E-state index in [-0.39, 0.29) is 11.7 Å². The number of esters is 2. The lowest BCUT2D eigenvalue weighted by atomic mass is 10.0. The van der Waals surface area contributed by atoms with Gasteiger partial charge in [0.15, 0.2) is 11.5 Å². The van der Waals surface area contributed by atoms with Crippen LogP contribution < -0.4 is 9.47 Å². The number of benzene rings is 1. The van der Waals surface area contributed by atoms with Crippen LogP contribution in [-0.4, -0.2) is 30.9 Å². The number of hydrogen-bond acceptors (Lipinski definition) is 6. The van der Waals surface area contributed by atoms with Crippen molar-refractivity contribution in [1.82, 2.24) is 0 Å². The SMILES string of the molecule is C=CCc1cc(C=C2C(=O)OC(C)(C)OC2=O)cc(OC)c1OC(C)C. The summed E-state index contributed by atoms with van der Waals surface area (Å²) in [5, 5.41) is 0. The maximum Gasteiger partial charge on any atom is 0.348 e. The van der Waals surface area contributed by atoms with Crippen LogP contribution in [0, 0.1) is 0 Å². The van der Waals surface area contributed by atoms with Crippen molar-refractivity contribution < 1.29 is 28.5 Å². The molecule has 0 N–H and O–H groups in total. The first-order valence-corrected chi connectivity index (χ1v) is 8.33. The van der Waals surface area contributed by atoms with E-state index in [0.717, 1.165) is 5.56 Å². The second kappa shape index (κ2) is 7.64. The van der Waals surface area contributed by atoms with E-state index in [0.29, 0.717) is 23.5 Å². The van der Waals surface area contributed by atoms with E-state index in [4.69, 9.17) is 18.9 Å². The van der Waals surface area contributed by atoms with E-state index in [1.54, 1.807) is 12.1 Å². The average Bonchev–Trinajstić information content (AvgIpc) is 2.51. The van der Waals surface area contributed by atoms with Crippen LogP contribution in [0.1, 0.15) is 38.8 Å². The Kier molecular flexibility index (Phi) is 5.75. The molecule has 0 unspecified atom stereocenters. The molecule has 0 radical (unpaired) electrons. The molecule has 1 saturated heterocycles. The third kappa shape index (κ3) is 4.45. The molecule has 26 heavy (non-hydrogen) atoms. The fourth-order valence-electron chi connectivity index (χ4n) is 2.54. The summed E-state index contributed by atoms with van der Waals surface area (Å²) in [5.41, 5.74) is 1.25. The van der Waals surface area contributed by atoms with Gasteiger partial charge in [-0.3, -0.25) is 0 Å². The van der Waals surface area contributed by atoms with Crippen molar-refractivity contribution in [3.8, 4) is 11.5 Å². The molecular weight excluding hydrogens is 336 g/mol. The van der Waals surface area contributed by atoms with Gasteiger partial charge in [-0.15, -0.1) is 6.58 Å². The number of carbonyl (C=O) groups excluding carboxylic acids is 2. The van der Waals surface area contributed by atoms with Gasteiger partial charge in [0.1, 0.15) is 5.57 Å². The topological polar surface area (TPSA) is 71.1 Å². The first kappa shape index (κ1) is 19.6. The molecule has 1 aromatic carbocycles. The van der Waals surface area contributed by atoms with Crippen molar-refractivity contribution >= 4 is 18.0 Å². The van der Waals surface area contributed by atoms with Gasteiger partial charge in [0, 0.05) is 19.4 Å².